The van der Waals surface area contributed by atoms with Gasteiger partial charge in [-0.1, -0.05) is 64.2 Å². The van der Waals surface area contributed by atoms with E-state index in [0.717, 1.165) is 5.56 Å². The predicted octanol–water partition coefficient (Wildman–Crippen LogP) is 6.77. The molecule has 1 fully saturated rings. The van der Waals surface area contributed by atoms with Crippen molar-refractivity contribution in [2.24, 2.45) is 0 Å². The maximum Gasteiger partial charge on any atom is 0.259 e. The van der Waals surface area contributed by atoms with Gasteiger partial charge in [0, 0.05) is 21.3 Å². The molecule has 1 heterocycles. The number of halogens is 4. The van der Waals surface area contributed by atoms with Crippen LogP contribution < -0.4 is 5.32 Å². The minimum Gasteiger partial charge on any atom is -0.334 e. The van der Waals surface area contributed by atoms with E-state index in [1.54, 1.807) is 43.3 Å². The molecule has 0 bridgehead atoms. The Morgan fingerprint density at radius 3 is 2.31 bits per heavy atom. The molecule has 1 aromatic heterocycles. The number of hydrogen-bond acceptors (Lipinski definition) is 6. The summed E-state index contributed by atoms with van der Waals surface area (Å²) in [5, 5.41) is 7.17. The van der Waals surface area contributed by atoms with Gasteiger partial charge in [-0.25, -0.2) is 12.8 Å². The number of nitrogens with one attached hydrogen (secondary N) is 1. The standard InChI is InChI=1S/C27H21Cl3FN3O4S/c1-14(39(36)37)16-4-2-15(3-5-16)10-23(35)32-18-12-21(29)24(22(30)13-18)27(8-9-27)26-33-25(38-34-26)19-7-6-17(31)11-20(19)28/h2-7,11-14,39H,8-10H2,1H3,(H,32,35). The molecule has 5 rings (SSSR count). The Morgan fingerprint density at radius 1 is 1.05 bits per heavy atom. The summed E-state index contributed by atoms with van der Waals surface area (Å²) >= 11 is 19.5. The fraction of sp³-hybridized carbons (Fsp3) is 0.222. The summed E-state index contributed by atoms with van der Waals surface area (Å²) in [6.07, 6.45) is 1.45. The Labute approximate surface area is 240 Å². The zero-order chi connectivity index (χ0) is 27.9. The monoisotopic (exact) mass is 607 g/mol. The highest BCUT2D eigenvalue weighted by Gasteiger charge is 2.52. The number of amides is 1. The number of nitrogens with zero attached hydrogens (tertiary/aromatic N) is 2. The van der Waals surface area contributed by atoms with Crippen LogP contribution in [0.2, 0.25) is 15.1 Å². The van der Waals surface area contributed by atoms with Gasteiger partial charge in [0.05, 0.1) is 27.7 Å². The number of carbonyl (C=O) groups is 1. The van der Waals surface area contributed by atoms with Gasteiger partial charge in [-0.05, 0) is 61.2 Å². The van der Waals surface area contributed by atoms with Crippen LogP contribution in [0.4, 0.5) is 10.1 Å². The molecule has 1 N–H and O–H groups in total. The Kier molecular flexibility index (Phi) is 7.70. The molecule has 0 saturated heterocycles. The summed E-state index contributed by atoms with van der Waals surface area (Å²) in [5.41, 5.74) is 2.20. The second-order valence-electron chi connectivity index (χ2n) is 9.37. The van der Waals surface area contributed by atoms with E-state index in [0.29, 0.717) is 51.1 Å². The zero-order valence-corrected chi connectivity index (χ0v) is 23.5. The molecule has 12 heteroatoms. The van der Waals surface area contributed by atoms with Crippen molar-refractivity contribution in [1.82, 2.24) is 10.1 Å². The van der Waals surface area contributed by atoms with Gasteiger partial charge in [-0.2, -0.15) is 4.98 Å². The van der Waals surface area contributed by atoms with E-state index >= 15 is 0 Å². The normalized spacial score (nSPS) is 14.8. The minimum absolute atomic E-state index is 0.0800. The molecule has 1 aliphatic carbocycles. The van der Waals surface area contributed by atoms with Crippen LogP contribution in [-0.2, 0) is 27.3 Å². The first-order valence-corrected chi connectivity index (χ1v) is 14.3. The Hall–Kier alpha value is -2.98. The zero-order valence-electron chi connectivity index (χ0n) is 20.4. The van der Waals surface area contributed by atoms with E-state index in [1.807, 2.05) is 0 Å². The molecule has 1 unspecified atom stereocenters. The van der Waals surface area contributed by atoms with Crippen molar-refractivity contribution in [3.63, 3.8) is 0 Å². The highest BCUT2D eigenvalue weighted by molar-refractivity contribution is 7.72. The average Bonchev–Trinajstić information content (AvgIpc) is 3.50. The SMILES string of the molecule is CC(c1ccc(CC(=O)Nc2cc(Cl)c(C3(c4noc(-c5ccc(F)cc5Cl)n4)CC3)c(Cl)c2)cc1)[SH](=O)=O. The lowest BCUT2D eigenvalue weighted by Crippen LogP contribution is -2.16. The Bertz CT molecular complexity index is 1620. The van der Waals surface area contributed by atoms with E-state index in [-0.39, 0.29) is 23.2 Å². The summed E-state index contributed by atoms with van der Waals surface area (Å²) in [5.74, 6) is -0.222. The van der Waals surface area contributed by atoms with Gasteiger partial charge in [0.25, 0.3) is 5.89 Å². The molecule has 39 heavy (non-hydrogen) atoms. The van der Waals surface area contributed by atoms with Gasteiger partial charge < -0.3 is 9.84 Å². The van der Waals surface area contributed by atoms with Gasteiger partial charge in [0.1, 0.15) is 16.5 Å². The fourth-order valence-corrected chi connectivity index (χ4v) is 5.94. The van der Waals surface area contributed by atoms with E-state index in [1.165, 1.54) is 18.2 Å². The van der Waals surface area contributed by atoms with E-state index < -0.39 is 27.2 Å². The maximum absolute atomic E-state index is 13.4. The van der Waals surface area contributed by atoms with Crippen LogP contribution >= 0.6 is 34.8 Å². The van der Waals surface area contributed by atoms with Gasteiger partial charge in [-0.3, -0.25) is 4.79 Å². The Balaban J connectivity index is 1.32. The molecule has 202 valence electrons. The predicted molar refractivity (Wildman–Crippen MR) is 149 cm³/mol. The molecule has 1 aliphatic rings. The molecular formula is C27H21Cl3FN3O4S. The number of hydrogen-bond donors (Lipinski definition) is 2. The molecule has 0 radical (unpaired) electrons. The van der Waals surface area contributed by atoms with E-state index in [2.05, 4.69) is 15.5 Å². The third kappa shape index (κ3) is 5.68. The van der Waals surface area contributed by atoms with Gasteiger partial charge in [-0.15, -0.1) is 0 Å². The molecule has 3 aromatic carbocycles. The van der Waals surface area contributed by atoms with Crippen molar-refractivity contribution < 1.29 is 22.1 Å². The quantitative estimate of drug-likeness (QED) is 0.214. The molecular weight excluding hydrogens is 588 g/mol. The van der Waals surface area contributed by atoms with Crippen molar-refractivity contribution in [3.8, 4) is 11.5 Å². The lowest BCUT2D eigenvalue weighted by atomic mass is 9.94. The fourth-order valence-electron chi connectivity index (χ4n) is 4.43. The van der Waals surface area contributed by atoms with Crippen LogP contribution in [0.5, 0.6) is 0 Å². The first-order valence-electron chi connectivity index (χ1n) is 11.9. The molecule has 1 atom stereocenters. The maximum atomic E-state index is 13.4. The summed E-state index contributed by atoms with van der Waals surface area (Å²) < 4.78 is 41.3. The third-order valence-electron chi connectivity index (χ3n) is 6.71. The summed E-state index contributed by atoms with van der Waals surface area (Å²) in [7, 11) is -2.57. The smallest absolute Gasteiger partial charge is 0.259 e. The number of thiol groups is 1. The minimum atomic E-state index is -2.57. The van der Waals surface area contributed by atoms with Crippen LogP contribution in [0.15, 0.2) is 59.1 Å². The van der Waals surface area contributed by atoms with Crippen LogP contribution in [0.3, 0.4) is 0 Å². The summed E-state index contributed by atoms with van der Waals surface area (Å²) in [4.78, 5) is 17.2. The first kappa shape index (κ1) is 27.6. The molecule has 0 aliphatic heterocycles. The number of aromatic nitrogens is 2. The second-order valence-corrected chi connectivity index (χ2v) is 11.9. The van der Waals surface area contributed by atoms with Gasteiger partial charge in [0.2, 0.25) is 5.91 Å². The largest absolute Gasteiger partial charge is 0.334 e. The molecule has 7 nitrogen and oxygen atoms in total. The molecule has 1 amide bonds. The molecule has 4 aromatic rings. The summed E-state index contributed by atoms with van der Waals surface area (Å²) in [6, 6.07) is 14.0. The van der Waals surface area contributed by atoms with Crippen LogP contribution in [-0.4, -0.2) is 24.5 Å². The number of carbonyl (C=O) groups excluding carboxylic acids is 1. The lowest BCUT2D eigenvalue weighted by molar-refractivity contribution is -0.115. The van der Waals surface area contributed by atoms with Crippen molar-refractivity contribution >= 4 is 57.1 Å². The average molecular weight is 609 g/mol. The first-order chi connectivity index (χ1) is 18.6. The van der Waals surface area contributed by atoms with Crippen molar-refractivity contribution in [1.29, 1.82) is 0 Å². The topological polar surface area (TPSA) is 102 Å². The highest BCUT2D eigenvalue weighted by Crippen LogP contribution is 2.57. The van der Waals surface area contributed by atoms with E-state index in [4.69, 9.17) is 39.3 Å². The lowest BCUT2D eigenvalue weighted by Gasteiger charge is -2.17. The Morgan fingerprint density at radius 2 is 1.72 bits per heavy atom. The number of rotatable bonds is 8. The van der Waals surface area contributed by atoms with Gasteiger partial charge >= 0.3 is 0 Å². The highest BCUT2D eigenvalue weighted by atomic mass is 35.5. The number of benzene rings is 3. The van der Waals surface area contributed by atoms with Crippen molar-refractivity contribution in [2.45, 2.75) is 36.9 Å². The number of anilines is 1. The second kappa shape index (κ2) is 10.9. The molecule has 0 spiro atoms. The van der Waals surface area contributed by atoms with Crippen LogP contribution in [0.1, 0.15) is 47.5 Å². The van der Waals surface area contributed by atoms with E-state index in [9.17, 15) is 17.6 Å². The third-order valence-corrected chi connectivity index (χ3v) is 8.55. The van der Waals surface area contributed by atoms with Gasteiger partial charge in [0.15, 0.2) is 5.82 Å². The van der Waals surface area contributed by atoms with Crippen molar-refractivity contribution in [2.75, 3.05) is 5.32 Å². The summed E-state index contributed by atoms with van der Waals surface area (Å²) in [6.45, 7) is 1.61. The van der Waals surface area contributed by atoms with Crippen LogP contribution in [0.25, 0.3) is 11.5 Å². The van der Waals surface area contributed by atoms with Crippen molar-refractivity contribution in [3.05, 3.63) is 98.0 Å². The van der Waals surface area contributed by atoms with Crippen LogP contribution in [0, 0.1) is 5.82 Å². The molecule has 1 saturated carbocycles.